The van der Waals surface area contributed by atoms with Gasteiger partial charge < -0.3 is 10.0 Å². The summed E-state index contributed by atoms with van der Waals surface area (Å²) >= 11 is 3.37. The monoisotopic (exact) mass is 309 g/mol. The molecule has 0 aliphatic heterocycles. The molecule has 0 aliphatic rings. The highest BCUT2D eigenvalue weighted by Crippen LogP contribution is 2.12. The number of nitrogens with zero attached hydrogens (tertiary/aromatic N) is 1. The van der Waals surface area contributed by atoms with E-state index in [0.717, 1.165) is 10.0 Å². The summed E-state index contributed by atoms with van der Waals surface area (Å²) < 4.78 is 0.968. The molecule has 0 atom stereocenters. The summed E-state index contributed by atoms with van der Waals surface area (Å²) in [5.41, 5.74) is 0.945. The summed E-state index contributed by atoms with van der Waals surface area (Å²) in [5, 5.41) is 8.88. The van der Waals surface area contributed by atoms with E-state index >= 15 is 0 Å². The minimum absolute atomic E-state index is 0.0513. The molecule has 1 amide bonds. The fraction of sp³-hybridized carbons (Fsp3) is 0.214. The molecule has 1 N–H and O–H groups in total. The van der Waals surface area contributed by atoms with Crippen molar-refractivity contribution in [2.75, 3.05) is 19.7 Å². The van der Waals surface area contributed by atoms with Crippen molar-refractivity contribution in [3.63, 3.8) is 0 Å². The topological polar surface area (TPSA) is 40.5 Å². The van der Waals surface area contributed by atoms with Crippen LogP contribution in [0.3, 0.4) is 0 Å². The van der Waals surface area contributed by atoms with E-state index in [4.69, 9.17) is 5.11 Å². The summed E-state index contributed by atoms with van der Waals surface area (Å²) in [4.78, 5) is 13.4. The molecule has 0 spiro atoms. The molecular weight excluding hydrogens is 294 g/mol. The molecule has 1 aromatic rings. The molecule has 0 fully saturated rings. The molecule has 0 radical (unpaired) electrons. The van der Waals surface area contributed by atoms with Crippen LogP contribution < -0.4 is 0 Å². The fourth-order valence-corrected chi connectivity index (χ4v) is 1.87. The van der Waals surface area contributed by atoms with Gasteiger partial charge in [0.25, 0.3) is 0 Å². The van der Waals surface area contributed by atoms with E-state index in [0.29, 0.717) is 13.1 Å². The van der Waals surface area contributed by atoms with E-state index in [1.165, 1.54) is 11.0 Å². The van der Waals surface area contributed by atoms with Crippen molar-refractivity contribution in [2.24, 2.45) is 0 Å². The first kappa shape index (κ1) is 14.7. The standard InChI is InChI=1S/C14H16BrNO2/c1-2-8-16(9-10-17)14(18)7-6-12-4-3-5-13(15)11-12/h2-7,11,17H,1,8-10H2/b7-6+. The Morgan fingerprint density at radius 1 is 1.50 bits per heavy atom. The molecular formula is C14H16BrNO2. The molecule has 0 unspecified atom stereocenters. The van der Waals surface area contributed by atoms with E-state index in [2.05, 4.69) is 22.5 Å². The van der Waals surface area contributed by atoms with Gasteiger partial charge in [0.1, 0.15) is 0 Å². The molecule has 0 aromatic heterocycles. The van der Waals surface area contributed by atoms with Gasteiger partial charge in [0.05, 0.1) is 6.61 Å². The Labute approximate surface area is 116 Å². The first-order chi connectivity index (χ1) is 8.67. The summed E-state index contributed by atoms with van der Waals surface area (Å²) in [6.45, 7) is 4.28. The van der Waals surface area contributed by atoms with Gasteiger partial charge in [-0.2, -0.15) is 0 Å². The van der Waals surface area contributed by atoms with E-state index in [1.54, 1.807) is 12.2 Å². The number of aliphatic hydroxyl groups excluding tert-OH is 1. The molecule has 18 heavy (non-hydrogen) atoms. The smallest absolute Gasteiger partial charge is 0.246 e. The van der Waals surface area contributed by atoms with Crippen LogP contribution in [0.4, 0.5) is 0 Å². The van der Waals surface area contributed by atoms with Gasteiger partial charge in [-0.25, -0.2) is 0 Å². The van der Waals surface area contributed by atoms with Crippen molar-refractivity contribution in [1.82, 2.24) is 4.90 Å². The van der Waals surface area contributed by atoms with Crippen molar-refractivity contribution in [2.45, 2.75) is 0 Å². The zero-order valence-electron chi connectivity index (χ0n) is 10.1. The highest BCUT2D eigenvalue weighted by Gasteiger charge is 2.07. The fourth-order valence-electron chi connectivity index (χ4n) is 1.45. The second-order valence-corrected chi connectivity index (χ2v) is 4.60. The second-order valence-electron chi connectivity index (χ2n) is 3.68. The van der Waals surface area contributed by atoms with Crippen LogP contribution in [0.2, 0.25) is 0 Å². The summed E-state index contributed by atoms with van der Waals surface area (Å²) in [6, 6.07) is 7.67. The first-order valence-corrected chi connectivity index (χ1v) is 6.41. The lowest BCUT2D eigenvalue weighted by Gasteiger charge is -2.17. The Morgan fingerprint density at radius 3 is 2.89 bits per heavy atom. The maximum atomic E-state index is 11.8. The van der Waals surface area contributed by atoms with Gasteiger partial charge in [0, 0.05) is 23.6 Å². The Morgan fingerprint density at radius 2 is 2.28 bits per heavy atom. The molecule has 1 rings (SSSR count). The first-order valence-electron chi connectivity index (χ1n) is 5.61. The van der Waals surface area contributed by atoms with Crippen LogP contribution in [-0.2, 0) is 4.79 Å². The number of amides is 1. The van der Waals surface area contributed by atoms with E-state index < -0.39 is 0 Å². The van der Waals surface area contributed by atoms with Gasteiger partial charge in [-0.3, -0.25) is 4.79 Å². The summed E-state index contributed by atoms with van der Waals surface area (Å²) in [7, 11) is 0. The van der Waals surface area contributed by atoms with Crippen LogP contribution in [0.25, 0.3) is 6.08 Å². The van der Waals surface area contributed by atoms with Gasteiger partial charge in [-0.15, -0.1) is 6.58 Å². The molecule has 1 aromatic carbocycles. The van der Waals surface area contributed by atoms with Gasteiger partial charge in [-0.1, -0.05) is 34.1 Å². The Hall–Kier alpha value is -1.39. The van der Waals surface area contributed by atoms with Crippen LogP contribution in [0, 0.1) is 0 Å². The van der Waals surface area contributed by atoms with Crippen molar-refractivity contribution in [1.29, 1.82) is 0 Å². The number of carbonyl (C=O) groups is 1. The van der Waals surface area contributed by atoms with Crippen LogP contribution in [0.1, 0.15) is 5.56 Å². The quantitative estimate of drug-likeness (QED) is 0.648. The molecule has 3 nitrogen and oxygen atoms in total. The van der Waals surface area contributed by atoms with Gasteiger partial charge in [0.2, 0.25) is 5.91 Å². The Kier molecular flexibility index (Phi) is 6.39. The lowest BCUT2D eigenvalue weighted by Crippen LogP contribution is -2.32. The van der Waals surface area contributed by atoms with Gasteiger partial charge in [0.15, 0.2) is 0 Å². The number of rotatable bonds is 6. The number of benzene rings is 1. The van der Waals surface area contributed by atoms with E-state index in [1.807, 2.05) is 24.3 Å². The minimum Gasteiger partial charge on any atom is -0.395 e. The predicted octanol–water partition coefficient (Wildman–Crippen LogP) is 2.47. The maximum absolute atomic E-state index is 11.8. The maximum Gasteiger partial charge on any atom is 0.246 e. The van der Waals surface area contributed by atoms with Crippen molar-refractivity contribution in [3.8, 4) is 0 Å². The number of halogens is 1. The number of hydrogen-bond acceptors (Lipinski definition) is 2. The van der Waals surface area contributed by atoms with Crippen LogP contribution in [0.5, 0.6) is 0 Å². The number of carbonyl (C=O) groups excluding carboxylic acids is 1. The van der Waals surface area contributed by atoms with Gasteiger partial charge in [-0.05, 0) is 23.8 Å². The van der Waals surface area contributed by atoms with Crippen molar-refractivity contribution in [3.05, 3.63) is 53.0 Å². The Balaban J connectivity index is 2.69. The third-order valence-electron chi connectivity index (χ3n) is 2.30. The molecule has 0 heterocycles. The average molecular weight is 310 g/mol. The minimum atomic E-state index is -0.135. The third-order valence-corrected chi connectivity index (χ3v) is 2.79. The average Bonchev–Trinajstić information content (AvgIpc) is 2.36. The molecule has 0 aliphatic carbocycles. The van der Waals surface area contributed by atoms with Gasteiger partial charge >= 0.3 is 0 Å². The number of aliphatic hydroxyl groups is 1. The number of hydrogen-bond donors (Lipinski definition) is 1. The summed E-state index contributed by atoms with van der Waals surface area (Å²) in [6.07, 6.45) is 4.89. The SMILES string of the molecule is C=CCN(CCO)C(=O)/C=C/c1cccc(Br)c1. The molecule has 0 saturated carbocycles. The van der Waals surface area contributed by atoms with Crippen LogP contribution >= 0.6 is 15.9 Å². The molecule has 0 bridgehead atoms. The summed E-state index contributed by atoms with van der Waals surface area (Å²) in [5.74, 6) is -0.135. The highest BCUT2D eigenvalue weighted by molar-refractivity contribution is 9.10. The zero-order valence-corrected chi connectivity index (χ0v) is 11.6. The largest absolute Gasteiger partial charge is 0.395 e. The lowest BCUT2D eigenvalue weighted by molar-refractivity contribution is -0.125. The van der Waals surface area contributed by atoms with E-state index in [-0.39, 0.29) is 12.5 Å². The van der Waals surface area contributed by atoms with E-state index in [9.17, 15) is 4.79 Å². The Bertz CT molecular complexity index is 443. The molecule has 4 heteroatoms. The zero-order chi connectivity index (χ0) is 13.4. The van der Waals surface area contributed by atoms with Crippen molar-refractivity contribution >= 4 is 27.9 Å². The predicted molar refractivity (Wildman–Crippen MR) is 77.0 cm³/mol. The lowest BCUT2D eigenvalue weighted by atomic mass is 10.2. The normalized spacial score (nSPS) is 10.6. The van der Waals surface area contributed by atoms with Crippen molar-refractivity contribution < 1.29 is 9.90 Å². The van der Waals surface area contributed by atoms with Crippen LogP contribution in [-0.4, -0.2) is 35.6 Å². The third kappa shape index (κ3) is 4.85. The highest BCUT2D eigenvalue weighted by atomic mass is 79.9. The molecule has 0 saturated heterocycles. The second kappa shape index (κ2) is 7.84. The van der Waals surface area contributed by atoms with Crippen LogP contribution in [0.15, 0.2) is 47.5 Å². The molecule has 96 valence electrons.